The van der Waals surface area contributed by atoms with Crippen LogP contribution >= 0.6 is 23.2 Å². The molecule has 28 nitrogen and oxygen atoms in total. The van der Waals surface area contributed by atoms with E-state index in [0.717, 1.165) is 30.3 Å². The zero-order valence-corrected chi connectivity index (χ0v) is 46.3. The number of aromatic nitrogens is 6. The van der Waals surface area contributed by atoms with Gasteiger partial charge < -0.3 is 33.9 Å². The van der Waals surface area contributed by atoms with E-state index in [1.54, 1.807) is 0 Å². The van der Waals surface area contributed by atoms with Crippen LogP contribution in [0.25, 0.3) is 6.08 Å². The number of nitrogens with two attached hydrogens (primary N) is 1. The van der Waals surface area contributed by atoms with Crippen LogP contribution < -0.4 is 152 Å². The van der Waals surface area contributed by atoms with Crippen molar-refractivity contribution in [1.29, 1.82) is 10.8 Å². The SMILES string of the molecule is N=c1nc(Cl)[nH]c(=Nc2ccc(S(=O)(=O)[O-])c(N=Nc3c(S(=O)(=O)[O-])cc4c(c3N)C(=O)/C(=N\Nc3cc(N=c5[nH]c(Cl)nc(=N)[nH]5)ccc3S(=O)(=O)[O-])C(S(=O)(=O)[O-])=C4)c2)[nH]1.[Na+].[Na+].[Na+].[Na+]. The summed E-state index contributed by atoms with van der Waals surface area (Å²) >= 11 is 11.6. The van der Waals surface area contributed by atoms with E-state index >= 15 is 0 Å². The molecule has 0 fully saturated rings. The van der Waals surface area contributed by atoms with Crippen molar-refractivity contribution in [3.05, 3.63) is 91.5 Å². The fraction of sp³-hybridized carbons (Fsp3) is 0. The van der Waals surface area contributed by atoms with Crippen LogP contribution in [0, 0.1) is 10.8 Å². The van der Waals surface area contributed by atoms with E-state index in [9.17, 15) is 56.7 Å². The molecule has 3 aromatic carbocycles. The number of ketones is 1. The largest absolute Gasteiger partial charge is 1.00 e. The first-order valence-electron chi connectivity index (χ1n) is 15.7. The molecule has 0 atom stereocenters. The van der Waals surface area contributed by atoms with Gasteiger partial charge in [0.2, 0.25) is 38.8 Å². The molecule has 0 saturated heterocycles. The number of benzene rings is 3. The van der Waals surface area contributed by atoms with Gasteiger partial charge in [-0.15, -0.1) is 10.2 Å². The second-order valence-electron chi connectivity index (χ2n) is 11.8. The normalized spacial score (nSPS) is 14.1. The first-order chi connectivity index (χ1) is 28.7. The monoisotopic (exact) mass is 1060 g/mol. The van der Waals surface area contributed by atoms with E-state index in [4.69, 9.17) is 39.8 Å². The summed E-state index contributed by atoms with van der Waals surface area (Å²) in [6.07, 6.45) is 0.384. The van der Waals surface area contributed by atoms with Crippen LogP contribution in [0.2, 0.25) is 10.6 Å². The predicted octanol–water partition coefficient (Wildman–Crippen LogP) is -12.2. The van der Waals surface area contributed by atoms with Crippen molar-refractivity contribution < 1.29 is 175 Å². The number of Topliss-reactive ketones (excluding diaryl/α,β-unsaturated/α-hetero) is 1. The van der Waals surface area contributed by atoms with Gasteiger partial charge in [-0.2, -0.15) is 15.1 Å². The molecule has 324 valence electrons. The number of rotatable bonds is 10. The molecule has 66 heavy (non-hydrogen) atoms. The first-order valence-corrected chi connectivity index (χ1v) is 22.1. The summed E-state index contributed by atoms with van der Waals surface area (Å²) < 4.78 is 148. The van der Waals surface area contributed by atoms with Gasteiger partial charge in [0.15, 0.2) is 0 Å². The van der Waals surface area contributed by atoms with Crippen molar-refractivity contribution in [1.82, 2.24) is 29.9 Å². The molecule has 0 unspecified atom stereocenters. The fourth-order valence-electron chi connectivity index (χ4n) is 5.22. The van der Waals surface area contributed by atoms with Crippen molar-refractivity contribution >= 4 is 115 Å². The van der Waals surface area contributed by atoms with Crippen molar-refractivity contribution in [2.75, 3.05) is 11.2 Å². The van der Waals surface area contributed by atoms with Crippen LogP contribution in [-0.2, 0) is 40.5 Å². The number of hydrogen-bond donors (Lipinski definition) is 8. The predicted molar refractivity (Wildman–Crippen MR) is 203 cm³/mol. The molecule has 0 aliphatic heterocycles. The number of halogens is 2. The molecule has 0 spiro atoms. The van der Waals surface area contributed by atoms with E-state index in [2.05, 4.69) is 55.2 Å². The van der Waals surface area contributed by atoms with Gasteiger partial charge >= 0.3 is 118 Å². The Morgan fingerprint density at radius 2 is 1.14 bits per heavy atom. The van der Waals surface area contributed by atoms with E-state index in [1.807, 2.05) is 5.43 Å². The van der Waals surface area contributed by atoms with Gasteiger partial charge in [0, 0.05) is 0 Å². The molecular formula is C28H17Cl2N15Na4O13S4. The summed E-state index contributed by atoms with van der Waals surface area (Å²) in [6, 6.07) is 5.46. The third kappa shape index (κ3) is 14.2. The topological polar surface area (TPSA) is 482 Å². The number of carbonyl (C=O) groups is 1. The quantitative estimate of drug-likeness (QED) is 0.0212. The molecule has 0 bridgehead atoms. The number of anilines is 2. The van der Waals surface area contributed by atoms with E-state index < -0.39 is 117 Å². The molecule has 9 N–H and O–H groups in total. The van der Waals surface area contributed by atoms with Crippen LogP contribution in [0.5, 0.6) is 0 Å². The van der Waals surface area contributed by atoms with Crippen LogP contribution in [-0.4, -0.2) is 93.3 Å². The number of hydrazone groups is 1. The Bertz CT molecular complexity index is 3640. The molecule has 0 amide bonds. The number of azo groups is 1. The number of H-pyrrole nitrogens is 4. The maximum atomic E-state index is 14.0. The second-order valence-corrected chi connectivity index (χ2v) is 17.9. The number of fused-ring (bicyclic) bond motifs is 1. The summed E-state index contributed by atoms with van der Waals surface area (Å²) in [5, 5.41) is 25.4. The summed E-state index contributed by atoms with van der Waals surface area (Å²) in [4.78, 5) is 33.7. The molecule has 0 saturated carbocycles. The maximum absolute atomic E-state index is 14.0. The van der Waals surface area contributed by atoms with Crippen molar-refractivity contribution in [2.24, 2.45) is 25.3 Å². The second kappa shape index (κ2) is 22.9. The number of carbonyl (C=O) groups excluding carboxylic acids is 1. The van der Waals surface area contributed by atoms with Crippen molar-refractivity contribution in [3.8, 4) is 0 Å². The van der Waals surface area contributed by atoms with Gasteiger partial charge in [-0.1, -0.05) is 0 Å². The Labute approximate surface area is 467 Å². The molecule has 1 aliphatic rings. The maximum Gasteiger partial charge on any atom is 1.00 e. The standard InChI is InChI=1S/C28H21Cl2N15O13S4.4Na/c29-23-36-25(32)40-27(38-23)34-10-1-3-14(59(47,48)49)12(7-10)42-44-20-16(61(53,54)55)5-9-6-17(62(56,57)58)21(22(46)18(9)19(20)31)45-43-13-8-11(2-4-15(13)60(50,51)52)35-28-39-24(30)37-26(33)41-28;;;;/h1-8,43H,31H2,(H,47,48,49)(H,50,51,52)(H,53,54,55)(H,56,57,58)(H3,32,34,36,38,40)(H3,33,35,37,39,41);;;;/q;4*+1/p-4/b44-42?,45-21-;;;;. The number of nitrogens with zero attached hydrogens (tertiary/aromatic N) is 7. The molecule has 6 rings (SSSR count). The zero-order valence-electron chi connectivity index (χ0n) is 33.5. The number of aromatic amines is 4. The number of hydrogen-bond acceptors (Lipinski definition) is 24. The Morgan fingerprint density at radius 3 is 1.61 bits per heavy atom. The molecule has 1 aliphatic carbocycles. The fourth-order valence-corrected chi connectivity index (χ4v) is 8.08. The van der Waals surface area contributed by atoms with Crippen LogP contribution in [0.1, 0.15) is 15.9 Å². The van der Waals surface area contributed by atoms with Crippen LogP contribution in [0.4, 0.5) is 34.1 Å². The van der Waals surface area contributed by atoms with Crippen molar-refractivity contribution in [2.45, 2.75) is 14.7 Å². The van der Waals surface area contributed by atoms with E-state index in [0.29, 0.717) is 18.2 Å². The number of nitrogens with one attached hydrogen (secondary N) is 7. The minimum atomic E-state index is -5.77. The summed E-state index contributed by atoms with van der Waals surface area (Å²) in [5.74, 6) is -1.61. The Kier molecular flexibility index (Phi) is 20.6. The molecule has 0 radical (unpaired) electrons. The van der Waals surface area contributed by atoms with Crippen LogP contribution in [0.3, 0.4) is 0 Å². The van der Waals surface area contributed by atoms with E-state index in [1.165, 1.54) is 0 Å². The molecule has 2 heterocycles. The Balaban J connectivity index is 0.00000374. The van der Waals surface area contributed by atoms with Gasteiger partial charge in [-0.3, -0.25) is 31.0 Å². The van der Waals surface area contributed by atoms with Gasteiger partial charge in [0.05, 0.1) is 47.9 Å². The van der Waals surface area contributed by atoms with Gasteiger partial charge in [-0.05, 0) is 77.3 Å². The molecule has 5 aromatic rings. The third-order valence-corrected chi connectivity index (χ3v) is 11.5. The molecule has 38 heteroatoms. The number of allylic oxidation sites excluding steroid dienone is 1. The summed E-state index contributed by atoms with van der Waals surface area (Å²) in [6.45, 7) is 0. The molecule has 2 aromatic heterocycles. The minimum Gasteiger partial charge on any atom is -0.744 e. The zero-order chi connectivity index (χ0) is 45.7. The summed E-state index contributed by atoms with van der Waals surface area (Å²) in [5.41, 5.74) is -0.504. The minimum absolute atomic E-state index is 0. The smallest absolute Gasteiger partial charge is 0.744 e. The van der Waals surface area contributed by atoms with E-state index in [-0.39, 0.29) is 151 Å². The number of nitrogen functional groups attached to an aromatic ring is 1. The van der Waals surface area contributed by atoms with Gasteiger partial charge in [0.25, 0.3) is 0 Å². The van der Waals surface area contributed by atoms with Crippen LogP contribution in [0.15, 0.2) is 87.4 Å². The van der Waals surface area contributed by atoms with Crippen molar-refractivity contribution in [3.63, 3.8) is 0 Å². The van der Waals surface area contributed by atoms with Gasteiger partial charge in [-0.25, -0.2) is 43.7 Å². The Morgan fingerprint density at radius 1 is 0.652 bits per heavy atom. The summed E-state index contributed by atoms with van der Waals surface area (Å²) in [7, 11) is -22.3. The third-order valence-electron chi connectivity index (χ3n) is 7.64. The molecular weight excluding hydrogens is 1050 g/mol. The van der Waals surface area contributed by atoms with Gasteiger partial charge in [0.1, 0.15) is 57.6 Å². The average Bonchev–Trinajstić information content (AvgIpc) is 3.11. The first kappa shape index (κ1) is 59.5. The average molecular weight is 1060 g/mol. The Hall–Kier alpha value is -2.62.